The lowest BCUT2D eigenvalue weighted by Crippen LogP contribution is -2.12. The van der Waals surface area contributed by atoms with Gasteiger partial charge in [-0.2, -0.15) is 0 Å². The van der Waals surface area contributed by atoms with E-state index in [4.69, 9.17) is 0 Å². The van der Waals surface area contributed by atoms with E-state index < -0.39 is 0 Å². The lowest BCUT2D eigenvalue weighted by atomic mass is 9.93. The Bertz CT molecular complexity index is 3310. The number of para-hydroxylation sites is 2. The zero-order chi connectivity index (χ0) is 41.2. The molecule has 0 saturated carbocycles. The van der Waals surface area contributed by atoms with Crippen LogP contribution in [0.1, 0.15) is 0 Å². The summed E-state index contributed by atoms with van der Waals surface area (Å²) in [6.07, 6.45) is 0. The molecule has 0 aliphatic heterocycles. The van der Waals surface area contributed by atoms with Crippen LogP contribution in [-0.2, 0) is 0 Å². The summed E-state index contributed by atoms with van der Waals surface area (Å²) < 4.78 is 2.40. The molecule has 0 aliphatic carbocycles. The standard InChI is InChI=1S/C60H42N2/c1-5-19-43(20-6-1)44-35-37-45(38-36-44)48-39-40-57(55(42-48)47-23-9-3-10-24-47)62(51-28-17-25-49(41-51)53-30-14-13-29-52(53)46-21-7-2-8-22-46)59-34-18-33-58-60(59)54-31-15-16-32-56(54)61(58)50-26-11-4-12-27-50/h1-42H. The zero-order valence-electron chi connectivity index (χ0n) is 34.1. The Labute approximate surface area is 362 Å². The van der Waals surface area contributed by atoms with Crippen LogP contribution in [-0.4, -0.2) is 4.57 Å². The van der Waals surface area contributed by atoms with Crippen LogP contribution in [0.15, 0.2) is 255 Å². The maximum atomic E-state index is 2.49. The van der Waals surface area contributed by atoms with Crippen molar-refractivity contribution in [2.45, 2.75) is 0 Å². The second kappa shape index (κ2) is 16.1. The van der Waals surface area contributed by atoms with Crippen LogP contribution in [0.3, 0.4) is 0 Å². The molecule has 11 aromatic rings. The number of anilines is 3. The van der Waals surface area contributed by atoms with Crippen molar-refractivity contribution < 1.29 is 0 Å². The Kier molecular flexibility index (Phi) is 9.57. The van der Waals surface area contributed by atoms with Crippen molar-refractivity contribution in [2.24, 2.45) is 0 Å². The van der Waals surface area contributed by atoms with Crippen LogP contribution in [0.4, 0.5) is 17.1 Å². The molecule has 0 amide bonds. The van der Waals surface area contributed by atoms with Gasteiger partial charge in [0.2, 0.25) is 0 Å². The molecule has 0 spiro atoms. The van der Waals surface area contributed by atoms with Crippen molar-refractivity contribution in [2.75, 3.05) is 4.90 Å². The van der Waals surface area contributed by atoms with Crippen molar-refractivity contribution in [3.05, 3.63) is 255 Å². The summed E-state index contributed by atoms with van der Waals surface area (Å²) in [5.74, 6) is 0. The number of nitrogens with zero attached hydrogens (tertiary/aromatic N) is 2. The Morgan fingerprint density at radius 2 is 0.758 bits per heavy atom. The molecule has 0 aliphatic rings. The first kappa shape index (κ1) is 36.8. The summed E-state index contributed by atoms with van der Waals surface area (Å²) in [4.78, 5) is 2.49. The van der Waals surface area contributed by atoms with E-state index in [0.717, 1.165) is 50.5 Å². The summed E-state index contributed by atoms with van der Waals surface area (Å²) >= 11 is 0. The molecular weight excluding hydrogens is 749 g/mol. The van der Waals surface area contributed by atoms with Crippen molar-refractivity contribution in [1.29, 1.82) is 0 Å². The van der Waals surface area contributed by atoms with E-state index in [1.807, 2.05) is 0 Å². The van der Waals surface area contributed by atoms with Gasteiger partial charge >= 0.3 is 0 Å². The fourth-order valence-corrected chi connectivity index (χ4v) is 9.11. The lowest BCUT2D eigenvalue weighted by Gasteiger charge is -2.30. The smallest absolute Gasteiger partial charge is 0.0562 e. The molecule has 0 saturated heterocycles. The Balaban J connectivity index is 1.16. The molecule has 0 radical (unpaired) electrons. The van der Waals surface area contributed by atoms with Gasteiger partial charge in [0.05, 0.1) is 22.4 Å². The van der Waals surface area contributed by atoms with Crippen LogP contribution in [0.5, 0.6) is 0 Å². The molecule has 2 heteroatoms. The van der Waals surface area contributed by atoms with Gasteiger partial charge in [0.25, 0.3) is 0 Å². The van der Waals surface area contributed by atoms with Gasteiger partial charge in [-0.05, 0) is 105 Å². The van der Waals surface area contributed by atoms with E-state index in [2.05, 4.69) is 264 Å². The zero-order valence-corrected chi connectivity index (χ0v) is 34.1. The molecule has 292 valence electrons. The molecule has 1 aromatic heterocycles. The quantitative estimate of drug-likeness (QED) is 0.141. The Morgan fingerprint density at radius 3 is 1.45 bits per heavy atom. The predicted molar refractivity (Wildman–Crippen MR) is 263 cm³/mol. The molecular formula is C60H42N2. The topological polar surface area (TPSA) is 8.17 Å². The third-order valence-electron chi connectivity index (χ3n) is 12.0. The molecule has 2 nitrogen and oxygen atoms in total. The van der Waals surface area contributed by atoms with Gasteiger partial charge in [0.15, 0.2) is 0 Å². The van der Waals surface area contributed by atoms with Gasteiger partial charge in [-0.25, -0.2) is 0 Å². The van der Waals surface area contributed by atoms with Gasteiger partial charge in [0.1, 0.15) is 0 Å². The molecule has 0 atom stereocenters. The van der Waals surface area contributed by atoms with Gasteiger partial charge < -0.3 is 9.47 Å². The number of benzene rings is 10. The predicted octanol–water partition coefficient (Wildman–Crippen LogP) is 16.6. The highest BCUT2D eigenvalue weighted by Crippen LogP contribution is 2.48. The second-order valence-corrected chi connectivity index (χ2v) is 15.7. The molecule has 62 heavy (non-hydrogen) atoms. The summed E-state index contributed by atoms with van der Waals surface area (Å²) in [5.41, 5.74) is 18.5. The monoisotopic (exact) mass is 790 g/mol. The van der Waals surface area contributed by atoms with E-state index in [1.54, 1.807) is 0 Å². The highest BCUT2D eigenvalue weighted by molar-refractivity contribution is 6.17. The van der Waals surface area contributed by atoms with Crippen LogP contribution >= 0.6 is 0 Å². The minimum atomic E-state index is 1.08. The first-order chi connectivity index (χ1) is 30.8. The second-order valence-electron chi connectivity index (χ2n) is 15.7. The van der Waals surface area contributed by atoms with Crippen LogP contribution < -0.4 is 4.90 Å². The number of rotatable bonds is 9. The van der Waals surface area contributed by atoms with Crippen molar-refractivity contribution in [3.63, 3.8) is 0 Å². The molecule has 0 unspecified atom stereocenters. The van der Waals surface area contributed by atoms with E-state index in [0.29, 0.717) is 0 Å². The lowest BCUT2D eigenvalue weighted by molar-refractivity contribution is 1.18. The first-order valence-electron chi connectivity index (χ1n) is 21.3. The largest absolute Gasteiger partial charge is 0.309 e. The number of aromatic nitrogens is 1. The van der Waals surface area contributed by atoms with E-state index in [9.17, 15) is 0 Å². The highest BCUT2D eigenvalue weighted by atomic mass is 15.2. The third kappa shape index (κ3) is 6.74. The number of fused-ring (bicyclic) bond motifs is 3. The minimum Gasteiger partial charge on any atom is -0.309 e. The highest BCUT2D eigenvalue weighted by Gasteiger charge is 2.24. The van der Waals surface area contributed by atoms with Crippen molar-refractivity contribution in [1.82, 2.24) is 4.57 Å². The van der Waals surface area contributed by atoms with Crippen LogP contribution in [0.25, 0.3) is 83.1 Å². The van der Waals surface area contributed by atoms with Gasteiger partial charge in [0, 0.05) is 27.7 Å². The Morgan fingerprint density at radius 1 is 0.274 bits per heavy atom. The van der Waals surface area contributed by atoms with E-state index in [1.165, 1.54) is 49.7 Å². The summed E-state index contributed by atoms with van der Waals surface area (Å²) in [6.45, 7) is 0. The van der Waals surface area contributed by atoms with Gasteiger partial charge in [-0.1, -0.05) is 200 Å². The van der Waals surface area contributed by atoms with Gasteiger partial charge in [-0.3, -0.25) is 0 Å². The summed E-state index contributed by atoms with van der Waals surface area (Å²) in [5, 5.41) is 2.40. The fourth-order valence-electron chi connectivity index (χ4n) is 9.11. The maximum Gasteiger partial charge on any atom is 0.0562 e. The van der Waals surface area contributed by atoms with Crippen LogP contribution in [0, 0.1) is 0 Å². The average molecular weight is 791 g/mol. The molecule has 0 N–H and O–H groups in total. The molecule has 1 heterocycles. The molecule has 0 fully saturated rings. The molecule has 10 aromatic carbocycles. The van der Waals surface area contributed by atoms with Crippen molar-refractivity contribution in [3.8, 4) is 61.3 Å². The third-order valence-corrected chi connectivity index (χ3v) is 12.0. The number of hydrogen-bond donors (Lipinski definition) is 0. The summed E-state index contributed by atoms with van der Waals surface area (Å²) in [7, 11) is 0. The number of hydrogen-bond acceptors (Lipinski definition) is 1. The molecule has 0 bridgehead atoms. The van der Waals surface area contributed by atoms with E-state index >= 15 is 0 Å². The SMILES string of the molecule is c1ccc(-c2ccc(-c3ccc(N(c4cccc(-c5ccccc5-c5ccccc5)c4)c4cccc5c4c4ccccc4n5-c4ccccc4)c(-c4ccccc4)c3)cc2)cc1. The maximum absolute atomic E-state index is 2.49. The van der Waals surface area contributed by atoms with Crippen LogP contribution in [0.2, 0.25) is 0 Å². The Hall–Kier alpha value is -8.20. The normalized spacial score (nSPS) is 11.2. The average Bonchev–Trinajstić information content (AvgIpc) is 3.70. The summed E-state index contributed by atoms with van der Waals surface area (Å²) in [6, 6.07) is 92.2. The fraction of sp³-hybridized carbons (Fsp3) is 0. The molecule has 11 rings (SSSR count). The van der Waals surface area contributed by atoms with Gasteiger partial charge in [-0.15, -0.1) is 0 Å². The first-order valence-corrected chi connectivity index (χ1v) is 21.3. The van der Waals surface area contributed by atoms with Crippen molar-refractivity contribution >= 4 is 38.9 Å². The van der Waals surface area contributed by atoms with E-state index in [-0.39, 0.29) is 0 Å². The minimum absolute atomic E-state index is 1.08.